The van der Waals surface area contributed by atoms with Crippen LogP contribution in [0.2, 0.25) is 0 Å². The van der Waals surface area contributed by atoms with Crippen molar-refractivity contribution in [3.8, 4) is 5.88 Å². The molecule has 0 radical (unpaired) electrons. The molecular weight excluding hydrogens is 332 g/mol. The SMILES string of the molecule is Cc1c/c(=C\c2sc(=O)[nH]c2O)c(C)c/c1=c1\ccc2c(c1)C=CN=2. The summed E-state index contributed by atoms with van der Waals surface area (Å²) in [6, 6.07) is 10.5. The first-order valence-electron chi connectivity index (χ1n) is 7.91. The lowest BCUT2D eigenvalue weighted by atomic mass is 10.0. The molecule has 2 heterocycles. The molecule has 3 aromatic rings. The number of rotatable bonds is 1. The van der Waals surface area contributed by atoms with E-state index >= 15 is 0 Å². The zero-order valence-electron chi connectivity index (χ0n) is 13.8. The number of nitrogens with one attached hydrogen (secondary N) is 1. The van der Waals surface area contributed by atoms with E-state index in [9.17, 15) is 9.90 Å². The van der Waals surface area contributed by atoms with Gasteiger partial charge in [0.15, 0.2) is 0 Å². The maximum atomic E-state index is 11.4. The minimum absolute atomic E-state index is 0.0784. The summed E-state index contributed by atoms with van der Waals surface area (Å²) in [5.41, 5.74) is 3.35. The van der Waals surface area contributed by atoms with Gasteiger partial charge in [-0.25, -0.2) is 0 Å². The Morgan fingerprint density at radius 1 is 1.16 bits per heavy atom. The van der Waals surface area contributed by atoms with Crippen molar-refractivity contribution >= 4 is 23.5 Å². The number of aromatic nitrogens is 1. The summed E-state index contributed by atoms with van der Waals surface area (Å²) in [6.45, 7) is 4.10. The van der Waals surface area contributed by atoms with Gasteiger partial charge in [-0.15, -0.1) is 0 Å². The molecule has 124 valence electrons. The summed E-state index contributed by atoms with van der Waals surface area (Å²) in [5, 5.41) is 14.1. The average molecular weight is 348 g/mol. The Labute approximate surface area is 147 Å². The minimum atomic E-state index is -0.258. The topological polar surface area (TPSA) is 65.5 Å². The first-order chi connectivity index (χ1) is 12.0. The maximum absolute atomic E-state index is 11.4. The molecule has 4 rings (SSSR count). The van der Waals surface area contributed by atoms with Gasteiger partial charge in [-0.3, -0.25) is 14.8 Å². The molecule has 2 aromatic carbocycles. The lowest BCUT2D eigenvalue weighted by molar-refractivity contribution is 0.455. The van der Waals surface area contributed by atoms with E-state index in [4.69, 9.17) is 0 Å². The van der Waals surface area contributed by atoms with E-state index in [1.54, 1.807) is 0 Å². The van der Waals surface area contributed by atoms with E-state index in [-0.39, 0.29) is 10.8 Å². The molecule has 1 aliphatic rings. The van der Waals surface area contributed by atoms with Crippen molar-refractivity contribution < 1.29 is 5.11 Å². The quantitative estimate of drug-likeness (QED) is 0.709. The molecule has 0 aliphatic carbocycles. The van der Waals surface area contributed by atoms with E-state index in [0.29, 0.717) is 4.88 Å². The molecule has 0 saturated carbocycles. The summed E-state index contributed by atoms with van der Waals surface area (Å²) < 4.78 is 0. The summed E-state index contributed by atoms with van der Waals surface area (Å²) in [5.74, 6) is -0.0784. The van der Waals surface area contributed by atoms with E-state index in [0.717, 1.165) is 43.8 Å². The van der Waals surface area contributed by atoms with Crippen LogP contribution in [0.25, 0.3) is 12.2 Å². The van der Waals surface area contributed by atoms with Crippen LogP contribution in [0, 0.1) is 24.3 Å². The van der Waals surface area contributed by atoms with Crippen LogP contribution in [-0.4, -0.2) is 10.1 Å². The van der Waals surface area contributed by atoms with E-state index in [1.807, 2.05) is 31.3 Å². The molecule has 1 aliphatic heterocycles. The third-order valence-electron chi connectivity index (χ3n) is 4.36. The van der Waals surface area contributed by atoms with Gasteiger partial charge in [0.25, 0.3) is 0 Å². The first-order valence-corrected chi connectivity index (χ1v) is 8.73. The molecule has 1 aromatic heterocycles. The fourth-order valence-corrected chi connectivity index (χ4v) is 3.73. The molecule has 2 N–H and O–H groups in total. The van der Waals surface area contributed by atoms with Crippen molar-refractivity contribution in [1.82, 2.24) is 4.98 Å². The molecule has 0 atom stereocenters. The zero-order chi connectivity index (χ0) is 17.6. The maximum Gasteiger partial charge on any atom is 0.307 e. The van der Waals surface area contributed by atoms with Crippen molar-refractivity contribution in [2.45, 2.75) is 13.8 Å². The van der Waals surface area contributed by atoms with Gasteiger partial charge < -0.3 is 5.11 Å². The third-order valence-corrected chi connectivity index (χ3v) is 5.18. The van der Waals surface area contributed by atoms with Crippen molar-refractivity contribution in [3.05, 3.63) is 88.8 Å². The normalized spacial score (nSPS) is 14.6. The van der Waals surface area contributed by atoms with Crippen molar-refractivity contribution in [2.75, 3.05) is 0 Å². The number of hydrogen-bond donors (Lipinski definition) is 2. The summed E-state index contributed by atoms with van der Waals surface area (Å²) >= 11 is 1.00. The van der Waals surface area contributed by atoms with Gasteiger partial charge in [-0.2, -0.15) is 0 Å². The smallest absolute Gasteiger partial charge is 0.307 e. The number of hydrogen-bond acceptors (Lipinski definition) is 4. The van der Waals surface area contributed by atoms with Crippen molar-refractivity contribution in [2.24, 2.45) is 4.99 Å². The number of nitrogens with zero attached hydrogens (tertiary/aromatic N) is 1. The molecule has 25 heavy (non-hydrogen) atoms. The summed E-state index contributed by atoms with van der Waals surface area (Å²) in [7, 11) is 0. The number of fused-ring (bicyclic) bond motifs is 1. The standard InChI is InChI=1S/C20H16N2O2S/c1-11-8-16(13-3-4-17-14(9-13)5-6-21-17)12(2)7-15(11)10-18-19(23)22-20(24)25-18/h3-10,23H,1-2H3,(H,22,24)/b15-10+,16-13-. The molecule has 0 bridgehead atoms. The lowest BCUT2D eigenvalue weighted by Crippen LogP contribution is -2.07. The molecule has 4 nitrogen and oxygen atoms in total. The molecular formula is C20H16N2O2S. The van der Waals surface area contributed by atoms with Crippen molar-refractivity contribution in [1.29, 1.82) is 0 Å². The highest BCUT2D eigenvalue weighted by atomic mass is 32.1. The van der Waals surface area contributed by atoms with Crippen molar-refractivity contribution in [3.63, 3.8) is 0 Å². The van der Waals surface area contributed by atoms with Gasteiger partial charge in [0.1, 0.15) is 0 Å². The fourth-order valence-electron chi connectivity index (χ4n) is 3.05. The van der Waals surface area contributed by atoms with Gasteiger partial charge in [-0.1, -0.05) is 29.5 Å². The summed E-state index contributed by atoms with van der Waals surface area (Å²) in [6.07, 6.45) is 5.67. The number of benzene rings is 2. The highest BCUT2D eigenvalue weighted by Gasteiger charge is 2.04. The predicted molar refractivity (Wildman–Crippen MR) is 100 cm³/mol. The van der Waals surface area contributed by atoms with E-state index in [1.165, 1.54) is 5.22 Å². The van der Waals surface area contributed by atoms with E-state index < -0.39 is 0 Å². The largest absolute Gasteiger partial charge is 0.493 e. The van der Waals surface area contributed by atoms with Gasteiger partial charge in [0.05, 0.1) is 10.2 Å². The zero-order valence-corrected chi connectivity index (χ0v) is 14.6. The van der Waals surface area contributed by atoms with Crippen LogP contribution < -0.4 is 15.4 Å². The van der Waals surface area contributed by atoms with E-state index in [2.05, 4.69) is 41.2 Å². The number of aromatic amines is 1. The number of aryl methyl sites for hydroxylation is 2. The van der Waals surface area contributed by atoms with Crippen LogP contribution in [0.1, 0.15) is 21.6 Å². The highest BCUT2D eigenvalue weighted by molar-refractivity contribution is 7.10. The molecule has 5 heteroatoms. The van der Waals surface area contributed by atoms with Crippen LogP contribution in [0.4, 0.5) is 0 Å². The van der Waals surface area contributed by atoms with Crippen LogP contribution in [0.15, 0.2) is 46.3 Å². The number of thiazole rings is 1. The minimum Gasteiger partial charge on any atom is -0.493 e. The Bertz CT molecular complexity index is 1300. The average Bonchev–Trinajstić information content (AvgIpc) is 3.16. The Morgan fingerprint density at radius 2 is 2.00 bits per heavy atom. The van der Waals surface area contributed by atoms with Crippen LogP contribution in [-0.2, 0) is 0 Å². The van der Waals surface area contributed by atoms with Gasteiger partial charge in [0, 0.05) is 11.8 Å². The first kappa shape index (κ1) is 15.6. The Balaban J connectivity index is 1.97. The molecule has 0 amide bonds. The van der Waals surface area contributed by atoms with Crippen LogP contribution in [0.5, 0.6) is 5.88 Å². The third kappa shape index (κ3) is 2.83. The van der Waals surface area contributed by atoms with Gasteiger partial charge in [0.2, 0.25) is 5.88 Å². The molecule has 0 fully saturated rings. The van der Waals surface area contributed by atoms with Gasteiger partial charge >= 0.3 is 4.87 Å². The Morgan fingerprint density at radius 3 is 2.76 bits per heavy atom. The second kappa shape index (κ2) is 5.86. The van der Waals surface area contributed by atoms with Crippen LogP contribution >= 0.6 is 11.3 Å². The number of H-pyrrole nitrogens is 1. The van der Waals surface area contributed by atoms with Crippen LogP contribution in [0.3, 0.4) is 0 Å². The molecule has 0 spiro atoms. The lowest BCUT2D eigenvalue weighted by Gasteiger charge is -2.02. The molecule has 0 unspecified atom stereocenters. The second-order valence-electron chi connectivity index (χ2n) is 6.11. The number of aromatic hydroxyl groups is 1. The highest BCUT2D eigenvalue weighted by Crippen LogP contribution is 2.16. The summed E-state index contributed by atoms with van der Waals surface area (Å²) in [4.78, 5) is 18.3. The predicted octanol–water partition coefficient (Wildman–Crippen LogP) is 2.48. The second-order valence-corrected chi connectivity index (χ2v) is 7.13. The Hall–Kier alpha value is -2.92. The monoisotopic (exact) mass is 348 g/mol. The molecule has 0 saturated heterocycles. The Kier molecular flexibility index (Phi) is 3.66. The fraction of sp³-hybridized carbons (Fsp3) is 0.100. The van der Waals surface area contributed by atoms with Gasteiger partial charge in [-0.05, 0) is 64.9 Å².